The first kappa shape index (κ1) is 35.4. The number of methoxy groups -OCH3 is 2. The Morgan fingerprint density at radius 3 is 2.63 bits per heavy atom. The Balaban J connectivity index is 1.31. The van der Waals surface area contributed by atoms with Crippen molar-refractivity contribution in [2.45, 2.75) is 89.1 Å². The normalized spacial score (nSPS) is 30.2. The Kier molecular flexibility index (Phi) is 9.41. The molecule has 2 aliphatic carbocycles. The summed E-state index contributed by atoms with van der Waals surface area (Å²) in [5.74, 6) is -2.23. The van der Waals surface area contributed by atoms with Crippen molar-refractivity contribution in [2.75, 3.05) is 34.0 Å². The first-order valence-corrected chi connectivity index (χ1v) is 17.2. The average Bonchev–Trinajstić information content (AvgIpc) is 3.51. The number of hydrogen-bond donors (Lipinski definition) is 4. The van der Waals surface area contributed by atoms with E-state index in [2.05, 4.69) is 15.4 Å². The number of nitrogens with zero attached hydrogens (tertiary/aromatic N) is 2. The fourth-order valence-electron chi connectivity index (χ4n) is 7.95. The van der Waals surface area contributed by atoms with Crippen molar-refractivity contribution in [2.24, 2.45) is 11.0 Å². The lowest BCUT2D eigenvalue weighted by atomic mass is 9.73. The van der Waals surface area contributed by atoms with Gasteiger partial charge in [-0.2, -0.15) is 5.10 Å². The zero-order valence-corrected chi connectivity index (χ0v) is 29.1. The highest BCUT2D eigenvalue weighted by Crippen LogP contribution is 2.50. The number of amides is 1. The van der Waals surface area contributed by atoms with Gasteiger partial charge in [-0.25, -0.2) is 5.43 Å². The van der Waals surface area contributed by atoms with Gasteiger partial charge in [0.05, 0.1) is 48.8 Å². The van der Waals surface area contributed by atoms with Crippen molar-refractivity contribution in [3.8, 4) is 17.2 Å². The van der Waals surface area contributed by atoms with Crippen LogP contribution in [0.2, 0.25) is 0 Å². The largest absolute Gasteiger partial charge is 0.507 e. The van der Waals surface area contributed by atoms with Crippen LogP contribution in [-0.2, 0) is 36.6 Å². The summed E-state index contributed by atoms with van der Waals surface area (Å²) in [6, 6.07) is 4.52. The van der Waals surface area contributed by atoms with Crippen LogP contribution in [0, 0.1) is 5.92 Å². The molecule has 2 aromatic rings. The summed E-state index contributed by atoms with van der Waals surface area (Å²) in [5.41, 5.74) is 0.715. The maximum atomic E-state index is 14.5. The first-order valence-electron chi connectivity index (χ1n) is 17.2. The van der Waals surface area contributed by atoms with Gasteiger partial charge in [-0.15, -0.1) is 0 Å². The topological polar surface area (TPSA) is 195 Å². The Morgan fingerprint density at radius 1 is 1.14 bits per heavy atom. The van der Waals surface area contributed by atoms with Crippen LogP contribution >= 0.6 is 0 Å². The highest BCUT2D eigenvalue weighted by Gasteiger charge is 2.54. The summed E-state index contributed by atoms with van der Waals surface area (Å²) >= 11 is 0. The van der Waals surface area contributed by atoms with Gasteiger partial charge < -0.3 is 43.7 Å². The average molecular weight is 710 g/mol. The highest BCUT2D eigenvalue weighted by molar-refractivity contribution is 6.31. The maximum absolute atomic E-state index is 14.5. The zero-order valence-electron chi connectivity index (χ0n) is 29.1. The molecule has 3 heterocycles. The third-order valence-corrected chi connectivity index (χ3v) is 10.6. The minimum Gasteiger partial charge on any atom is -0.507 e. The van der Waals surface area contributed by atoms with Gasteiger partial charge in [0, 0.05) is 55.1 Å². The number of aromatic hydroxyl groups is 1. The molecule has 7 atom stereocenters. The fourth-order valence-corrected chi connectivity index (χ4v) is 7.95. The molecule has 7 rings (SSSR count). The number of morpholine rings is 1. The van der Waals surface area contributed by atoms with E-state index >= 15 is 0 Å². The molecule has 0 spiro atoms. The van der Waals surface area contributed by atoms with Crippen LogP contribution in [0.1, 0.15) is 76.6 Å². The van der Waals surface area contributed by atoms with E-state index in [9.17, 15) is 29.7 Å². The minimum atomic E-state index is -1.81. The Hall–Kier alpha value is -3.96. The predicted octanol–water partition coefficient (Wildman–Crippen LogP) is 1.43. The van der Waals surface area contributed by atoms with E-state index in [1.807, 2.05) is 6.92 Å². The molecule has 2 aromatic carbocycles. The number of aliphatic hydroxyl groups excluding tert-OH is 1. The molecular formula is C36H43N3O12. The molecule has 5 aliphatic rings. The molecular weight excluding hydrogens is 666 g/mol. The van der Waals surface area contributed by atoms with Gasteiger partial charge in [-0.3, -0.25) is 19.3 Å². The number of rotatable bonds is 8. The van der Waals surface area contributed by atoms with Gasteiger partial charge in [-0.05, 0) is 25.8 Å². The third kappa shape index (κ3) is 5.80. The predicted molar refractivity (Wildman–Crippen MR) is 178 cm³/mol. The second kappa shape index (κ2) is 13.5. The van der Waals surface area contributed by atoms with Crippen molar-refractivity contribution >= 4 is 23.2 Å². The molecule has 3 fully saturated rings. The second-order valence-electron chi connectivity index (χ2n) is 13.9. The number of phenolic OH excluding ortho intramolecular Hbond substituents is 1. The van der Waals surface area contributed by atoms with Crippen molar-refractivity contribution in [3.05, 3.63) is 51.6 Å². The summed E-state index contributed by atoms with van der Waals surface area (Å²) < 4.78 is 36.1. The van der Waals surface area contributed by atoms with E-state index in [1.54, 1.807) is 33.1 Å². The third-order valence-electron chi connectivity index (χ3n) is 10.6. The van der Waals surface area contributed by atoms with Gasteiger partial charge >= 0.3 is 0 Å². The van der Waals surface area contributed by atoms with Crippen molar-refractivity contribution in [3.63, 3.8) is 0 Å². The number of hydrazone groups is 1. The molecule has 51 heavy (non-hydrogen) atoms. The number of carbonyl (C=O) groups is 3. The molecule has 3 aliphatic heterocycles. The standard InChI is InChI=1S/C36H43N3O12/c1-16(2)33(44)38-37-23(15-40)36(45)10-9-18-20(14-36)29(42)26-27(30(43)25-19(28(26)41)7-6-8-22(25)46-4)32(18)50-24-13-21-31(17(3)49-24)51-34-35(47-5)48-12-11-39(21)34/h6-8,16-17,21,24,31,34-35,40,42,45H,9-15H2,1-5H3,(H,38,44)/b37-23+/t17-,21-,24-,31+,34+,35-,36+/m0/s1. The molecule has 3 saturated heterocycles. The molecule has 0 saturated carbocycles. The van der Waals surface area contributed by atoms with Crippen molar-refractivity contribution in [1.82, 2.24) is 10.3 Å². The molecule has 15 heteroatoms. The second-order valence-corrected chi connectivity index (χ2v) is 13.9. The Bertz CT molecular complexity index is 1790. The van der Waals surface area contributed by atoms with E-state index in [0.29, 0.717) is 25.1 Å². The molecule has 0 unspecified atom stereocenters. The van der Waals surface area contributed by atoms with Crippen LogP contribution in [0.4, 0.5) is 0 Å². The molecule has 274 valence electrons. The molecule has 0 radical (unpaired) electrons. The number of phenols is 1. The van der Waals surface area contributed by atoms with Crippen LogP contribution in [0.3, 0.4) is 0 Å². The summed E-state index contributed by atoms with van der Waals surface area (Å²) in [6.07, 6.45) is -2.56. The summed E-state index contributed by atoms with van der Waals surface area (Å²) in [4.78, 5) is 43.1. The lowest BCUT2D eigenvalue weighted by Gasteiger charge is -2.41. The van der Waals surface area contributed by atoms with E-state index in [4.69, 9.17) is 28.4 Å². The van der Waals surface area contributed by atoms with Crippen molar-refractivity contribution < 1.29 is 58.1 Å². The first-order chi connectivity index (χ1) is 24.4. The smallest absolute Gasteiger partial charge is 0.242 e. The minimum absolute atomic E-state index is 0.0120. The van der Waals surface area contributed by atoms with Crippen LogP contribution in [0.15, 0.2) is 23.3 Å². The van der Waals surface area contributed by atoms with Crippen molar-refractivity contribution in [1.29, 1.82) is 0 Å². The van der Waals surface area contributed by atoms with Gasteiger partial charge in [0.1, 0.15) is 29.0 Å². The lowest BCUT2D eigenvalue weighted by molar-refractivity contribution is -0.247. The maximum Gasteiger partial charge on any atom is 0.242 e. The van der Waals surface area contributed by atoms with E-state index < -0.39 is 66.3 Å². The highest BCUT2D eigenvalue weighted by atomic mass is 16.7. The fraction of sp³-hybridized carbons (Fsp3) is 0.556. The molecule has 0 aromatic heterocycles. The Labute approximate surface area is 294 Å². The lowest BCUT2D eigenvalue weighted by Crippen LogP contribution is -2.55. The van der Waals surface area contributed by atoms with Gasteiger partial charge in [0.2, 0.25) is 18.0 Å². The number of carbonyl (C=O) groups excluding carboxylic acids is 3. The van der Waals surface area contributed by atoms with E-state index in [0.717, 1.165) is 0 Å². The number of fused-ring (bicyclic) bond motifs is 6. The van der Waals surface area contributed by atoms with Crippen LogP contribution in [0.5, 0.6) is 17.2 Å². The number of benzene rings is 2. The number of nitrogens with one attached hydrogen (secondary N) is 1. The number of hydrogen-bond acceptors (Lipinski definition) is 14. The number of aliphatic hydroxyl groups is 2. The number of ketones is 2. The van der Waals surface area contributed by atoms with Gasteiger partial charge in [-0.1, -0.05) is 26.0 Å². The zero-order chi connectivity index (χ0) is 36.4. The monoisotopic (exact) mass is 709 g/mol. The van der Waals surface area contributed by atoms with Gasteiger partial charge in [0.15, 0.2) is 18.3 Å². The molecule has 15 nitrogen and oxygen atoms in total. The SMILES string of the molecule is COc1cccc2c1C(=O)c1c(O[C@H]3C[C@H]4[C@H](O[C@@H]5[C@@H](OC)OCCN54)[C@H](C)O3)c3c(c(O)c1C2=O)C[C@@](O)(/C(CO)=N/NC(=O)C(C)C)CC3. The van der Waals surface area contributed by atoms with Crippen LogP contribution < -0.4 is 14.9 Å². The van der Waals surface area contributed by atoms with E-state index in [1.165, 1.54) is 13.2 Å². The quantitative estimate of drug-likeness (QED) is 0.194. The molecule has 0 bridgehead atoms. The summed E-state index contributed by atoms with van der Waals surface area (Å²) in [7, 11) is 2.96. The molecule has 4 N–H and O–H groups in total. The summed E-state index contributed by atoms with van der Waals surface area (Å²) in [5, 5.41) is 38.0. The van der Waals surface area contributed by atoms with Crippen LogP contribution in [-0.4, -0.2) is 120 Å². The Morgan fingerprint density at radius 2 is 1.92 bits per heavy atom. The van der Waals surface area contributed by atoms with Gasteiger partial charge in [0.25, 0.3) is 0 Å². The van der Waals surface area contributed by atoms with E-state index in [-0.39, 0.29) is 76.4 Å². The number of ether oxygens (including phenoxy) is 6. The van der Waals surface area contributed by atoms with Crippen LogP contribution in [0.25, 0.3) is 0 Å². The summed E-state index contributed by atoms with van der Waals surface area (Å²) in [6.45, 7) is 5.59. The molecule has 1 amide bonds.